The van der Waals surface area contributed by atoms with E-state index in [0.717, 1.165) is 5.69 Å². The van der Waals surface area contributed by atoms with Crippen LogP contribution in [-0.4, -0.2) is 4.98 Å². The minimum atomic E-state index is -0.534. The Kier molecular flexibility index (Phi) is 2.01. The van der Waals surface area contributed by atoms with E-state index in [1.165, 1.54) is 0 Å². The number of aromatic nitrogens is 1. The van der Waals surface area contributed by atoms with E-state index in [1.54, 1.807) is 18.3 Å². The van der Waals surface area contributed by atoms with Crippen molar-refractivity contribution < 1.29 is 0 Å². The summed E-state index contributed by atoms with van der Waals surface area (Å²) in [5.74, 6) is 0. The monoisotopic (exact) mass is 161 g/mol. The molecule has 0 saturated carbocycles. The van der Waals surface area contributed by atoms with Gasteiger partial charge in [-0.25, -0.2) is 0 Å². The second-order valence-corrected chi connectivity index (χ2v) is 3.21. The average Bonchev–Trinajstić information content (AvgIpc) is 2.05. The largest absolute Gasteiger partial charge is 0.397 e. The number of pyridine rings is 1. The van der Waals surface area contributed by atoms with Gasteiger partial charge >= 0.3 is 0 Å². The molecule has 3 heteroatoms. The Balaban J connectivity index is 3.07. The first-order valence-electron chi connectivity index (χ1n) is 3.69. The van der Waals surface area contributed by atoms with Crippen LogP contribution >= 0.6 is 0 Å². The van der Waals surface area contributed by atoms with Crippen molar-refractivity contribution in [2.45, 2.75) is 19.3 Å². The Bertz CT molecular complexity index is 306. The molecule has 0 amide bonds. The minimum absolute atomic E-state index is 0.534. The van der Waals surface area contributed by atoms with Crippen molar-refractivity contribution in [2.75, 3.05) is 5.73 Å². The molecule has 1 aromatic rings. The van der Waals surface area contributed by atoms with Gasteiger partial charge in [-0.05, 0) is 26.0 Å². The zero-order valence-corrected chi connectivity index (χ0v) is 7.20. The highest BCUT2D eigenvalue weighted by molar-refractivity contribution is 5.37. The molecule has 2 N–H and O–H groups in total. The summed E-state index contributed by atoms with van der Waals surface area (Å²) in [5.41, 5.74) is 6.30. The van der Waals surface area contributed by atoms with Crippen LogP contribution in [0.4, 0.5) is 5.69 Å². The second-order valence-electron chi connectivity index (χ2n) is 3.21. The van der Waals surface area contributed by atoms with Gasteiger partial charge in [-0.2, -0.15) is 5.26 Å². The van der Waals surface area contributed by atoms with Crippen molar-refractivity contribution in [2.24, 2.45) is 0 Å². The van der Waals surface area contributed by atoms with Gasteiger partial charge in [0.25, 0.3) is 0 Å². The van der Waals surface area contributed by atoms with Crippen molar-refractivity contribution in [1.29, 1.82) is 5.26 Å². The summed E-state index contributed by atoms with van der Waals surface area (Å²) < 4.78 is 0. The summed E-state index contributed by atoms with van der Waals surface area (Å²) in [6.45, 7) is 3.65. The number of nitrogens with two attached hydrogens (primary N) is 1. The van der Waals surface area contributed by atoms with Crippen molar-refractivity contribution >= 4 is 5.69 Å². The van der Waals surface area contributed by atoms with Gasteiger partial charge in [0, 0.05) is 0 Å². The van der Waals surface area contributed by atoms with Crippen LogP contribution in [0.15, 0.2) is 18.3 Å². The SMILES string of the molecule is CC(C)(C#N)c1ccc(N)cn1. The van der Waals surface area contributed by atoms with Crippen LogP contribution in [0.25, 0.3) is 0 Å². The standard InChI is InChI=1S/C9H11N3/c1-9(2,6-10)8-4-3-7(11)5-12-8/h3-5H,11H2,1-2H3. The van der Waals surface area contributed by atoms with E-state index < -0.39 is 5.41 Å². The molecule has 0 aliphatic rings. The number of anilines is 1. The highest BCUT2D eigenvalue weighted by Gasteiger charge is 2.20. The molecule has 1 rings (SSSR count). The van der Waals surface area contributed by atoms with E-state index in [1.807, 2.05) is 13.8 Å². The highest BCUT2D eigenvalue weighted by Crippen LogP contribution is 2.19. The topological polar surface area (TPSA) is 62.7 Å². The Morgan fingerprint density at radius 3 is 2.58 bits per heavy atom. The normalized spacial score (nSPS) is 10.8. The molecule has 0 saturated heterocycles. The quantitative estimate of drug-likeness (QED) is 0.678. The lowest BCUT2D eigenvalue weighted by Gasteiger charge is -2.13. The molecule has 0 fully saturated rings. The van der Waals surface area contributed by atoms with E-state index in [9.17, 15) is 0 Å². The first-order valence-corrected chi connectivity index (χ1v) is 3.69. The minimum Gasteiger partial charge on any atom is -0.397 e. The van der Waals surface area contributed by atoms with Gasteiger partial charge in [0.1, 0.15) is 0 Å². The number of hydrogen-bond acceptors (Lipinski definition) is 3. The van der Waals surface area contributed by atoms with Crippen molar-refractivity contribution in [1.82, 2.24) is 4.98 Å². The van der Waals surface area contributed by atoms with Gasteiger partial charge in [0.05, 0.1) is 29.1 Å². The van der Waals surface area contributed by atoms with Gasteiger partial charge in [0.15, 0.2) is 0 Å². The van der Waals surface area contributed by atoms with Crippen molar-refractivity contribution in [3.05, 3.63) is 24.0 Å². The molecule has 12 heavy (non-hydrogen) atoms. The van der Waals surface area contributed by atoms with Crippen molar-refractivity contribution in [3.8, 4) is 6.07 Å². The van der Waals surface area contributed by atoms with E-state index in [-0.39, 0.29) is 0 Å². The Morgan fingerprint density at radius 1 is 1.50 bits per heavy atom. The summed E-state index contributed by atoms with van der Waals surface area (Å²) >= 11 is 0. The molecular weight excluding hydrogens is 150 g/mol. The Labute approximate surface area is 71.8 Å². The van der Waals surface area contributed by atoms with Gasteiger partial charge in [-0.15, -0.1) is 0 Å². The summed E-state index contributed by atoms with van der Waals surface area (Å²) in [4.78, 5) is 4.07. The molecule has 0 spiro atoms. The third-order valence-electron chi connectivity index (χ3n) is 1.71. The fourth-order valence-electron chi connectivity index (χ4n) is 0.832. The van der Waals surface area contributed by atoms with E-state index in [2.05, 4.69) is 11.1 Å². The third-order valence-corrected chi connectivity index (χ3v) is 1.71. The zero-order valence-electron chi connectivity index (χ0n) is 7.20. The van der Waals surface area contributed by atoms with Gasteiger partial charge < -0.3 is 5.73 Å². The predicted octanol–water partition coefficient (Wildman–Crippen LogP) is 1.46. The molecule has 0 atom stereocenters. The number of hydrogen-bond donors (Lipinski definition) is 1. The van der Waals surface area contributed by atoms with Gasteiger partial charge in [0.2, 0.25) is 0 Å². The summed E-state index contributed by atoms with van der Waals surface area (Å²) in [6, 6.07) is 5.70. The Morgan fingerprint density at radius 2 is 2.17 bits per heavy atom. The second kappa shape index (κ2) is 2.82. The molecule has 0 aromatic carbocycles. The highest BCUT2D eigenvalue weighted by atomic mass is 14.7. The maximum atomic E-state index is 8.80. The summed E-state index contributed by atoms with van der Waals surface area (Å²) in [7, 11) is 0. The molecule has 1 aromatic heterocycles. The predicted molar refractivity (Wildman–Crippen MR) is 47.3 cm³/mol. The van der Waals surface area contributed by atoms with Crippen LogP contribution in [0.5, 0.6) is 0 Å². The molecule has 62 valence electrons. The molecule has 0 radical (unpaired) electrons. The lowest BCUT2D eigenvalue weighted by atomic mass is 9.91. The molecule has 0 unspecified atom stereocenters. The van der Waals surface area contributed by atoms with Gasteiger partial charge in [-0.1, -0.05) is 0 Å². The Hall–Kier alpha value is -1.56. The van der Waals surface area contributed by atoms with Gasteiger partial charge in [-0.3, -0.25) is 4.98 Å². The fraction of sp³-hybridized carbons (Fsp3) is 0.333. The molecule has 0 bridgehead atoms. The maximum Gasteiger partial charge on any atom is 0.0937 e. The van der Waals surface area contributed by atoms with Crippen LogP contribution < -0.4 is 5.73 Å². The lowest BCUT2D eigenvalue weighted by molar-refractivity contribution is 0.660. The first kappa shape index (κ1) is 8.54. The molecular formula is C9H11N3. The molecule has 0 aliphatic carbocycles. The number of nitriles is 1. The van der Waals surface area contributed by atoms with E-state index >= 15 is 0 Å². The van der Waals surface area contributed by atoms with Crippen LogP contribution in [0.3, 0.4) is 0 Å². The van der Waals surface area contributed by atoms with Crippen LogP contribution in [-0.2, 0) is 5.41 Å². The van der Waals surface area contributed by atoms with E-state index in [0.29, 0.717) is 5.69 Å². The zero-order chi connectivity index (χ0) is 9.19. The van der Waals surface area contributed by atoms with Crippen molar-refractivity contribution in [3.63, 3.8) is 0 Å². The first-order chi connectivity index (χ1) is 5.56. The number of nitrogen functional groups attached to an aromatic ring is 1. The smallest absolute Gasteiger partial charge is 0.0937 e. The molecule has 3 nitrogen and oxygen atoms in total. The third kappa shape index (κ3) is 1.54. The van der Waals surface area contributed by atoms with E-state index in [4.69, 9.17) is 11.0 Å². The summed E-state index contributed by atoms with van der Waals surface area (Å²) in [5, 5.41) is 8.80. The van der Waals surface area contributed by atoms with Crippen LogP contribution in [0.2, 0.25) is 0 Å². The number of rotatable bonds is 1. The molecule has 0 aliphatic heterocycles. The fourth-order valence-corrected chi connectivity index (χ4v) is 0.832. The van der Waals surface area contributed by atoms with Crippen LogP contribution in [0.1, 0.15) is 19.5 Å². The maximum absolute atomic E-state index is 8.80. The molecule has 1 heterocycles. The average molecular weight is 161 g/mol. The number of nitrogens with zero attached hydrogens (tertiary/aromatic N) is 2. The lowest BCUT2D eigenvalue weighted by Crippen LogP contribution is -2.15. The van der Waals surface area contributed by atoms with Crippen LogP contribution in [0, 0.1) is 11.3 Å². The summed E-state index contributed by atoms with van der Waals surface area (Å²) in [6.07, 6.45) is 1.56.